The van der Waals surface area contributed by atoms with Gasteiger partial charge in [0.05, 0.1) is 13.3 Å². The van der Waals surface area contributed by atoms with Gasteiger partial charge in [0.25, 0.3) is 0 Å². The van der Waals surface area contributed by atoms with Crippen LogP contribution in [0.2, 0.25) is 0 Å². The van der Waals surface area contributed by atoms with E-state index in [0.717, 1.165) is 40.7 Å². The molecule has 1 aliphatic rings. The van der Waals surface area contributed by atoms with Crippen LogP contribution in [0.25, 0.3) is 11.1 Å². The average molecular weight is 336 g/mol. The number of aromatic nitrogens is 5. The molecule has 0 aliphatic heterocycles. The van der Waals surface area contributed by atoms with E-state index in [9.17, 15) is 0 Å². The summed E-state index contributed by atoms with van der Waals surface area (Å²) in [7, 11) is 1.68. The highest BCUT2D eigenvalue weighted by molar-refractivity contribution is 5.64. The monoisotopic (exact) mass is 336 g/mol. The first kappa shape index (κ1) is 15.6. The van der Waals surface area contributed by atoms with E-state index in [0.29, 0.717) is 6.54 Å². The molecular formula is C18H20N6O. The van der Waals surface area contributed by atoms with Gasteiger partial charge in [-0.3, -0.25) is 4.68 Å². The lowest BCUT2D eigenvalue weighted by Gasteiger charge is -2.11. The van der Waals surface area contributed by atoms with Gasteiger partial charge in [0.15, 0.2) is 5.82 Å². The van der Waals surface area contributed by atoms with Gasteiger partial charge in [-0.1, -0.05) is 11.3 Å². The van der Waals surface area contributed by atoms with Gasteiger partial charge in [-0.15, -0.1) is 5.10 Å². The molecule has 0 amide bonds. The van der Waals surface area contributed by atoms with E-state index in [2.05, 4.69) is 31.7 Å². The lowest BCUT2D eigenvalue weighted by atomic mass is 10.0. The molecule has 25 heavy (non-hydrogen) atoms. The van der Waals surface area contributed by atoms with Gasteiger partial charge >= 0.3 is 0 Å². The van der Waals surface area contributed by atoms with Crippen LogP contribution < -0.4 is 10.1 Å². The summed E-state index contributed by atoms with van der Waals surface area (Å²) >= 11 is 0. The number of ether oxygens (including phenoxy) is 1. The Morgan fingerprint density at radius 2 is 2.04 bits per heavy atom. The van der Waals surface area contributed by atoms with Crippen molar-refractivity contribution in [2.45, 2.75) is 25.9 Å². The van der Waals surface area contributed by atoms with Crippen molar-refractivity contribution in [2.75, 3.05) is 12.4 Å². The second-order valence-electron chi connectivity index (χ2n) is 6.28. The predicted octanol–water partition coefficient (Wildman–Crippen LogP) is 2.77. The van der Waals surface area contributed by atoms with Crippen molar-refractivity contribution >= 4 is 5.82 Å². The minimum atomic E-state index is 0.604. The molecule has 7 nitrogen and oxygen atoms in total. The number of hydrogen-bond acceptors (Lipinski definition) is 6. The van der Waals surface area contributed by atoms with Gasteiger partial charge < -0.3 is 10.1 Å². The molecule has 4 rings (SSSR count). The second-order valence-corrected chi connectivity index (χ2v) is 6.28. The van der Waals surface area contributed by atoms with Gasteiger partial charge in [-0.25, -0.2) is 9.97 Å². The molecule has 2 aromatic heterocycles. The van der Waals surface area contributed by atoms with Crippen LogP contribution in [-0.2, 0) is 13.1 Å². The molecule has 1 saturated carbocycles. The van der Waals surface area contributed by atoms with E-state index in [1.165, 1.54) is 19.2 Å². The first-order chi connectivity index (χ1) is 12.3. The first-order valence-corrected chi connectivity index (χ1v) is 8.38. The molecule has 128 valence electrons. The fourth-order valence-corrected chi connectivity index (χ4v) is 2.76. The summed E-state index contributed by atoms with van der Waals surface area (Å²) in [6.45, 7) is 1.56. The number of hydrogen-bond donors (Lipinski definition) is 1. The summed E-state index contributed by atoms with van der Waals surface area (Å²) in [5.41, 5.74) is 3.07. The van der Waals surface area contributed by atoms with Crippen LogP contribution in [0.1, 0.15) is 18.4 Å². The van der Waals surface area contributed by atoms with Crippen LogP contribution in [0, 0.1) is 5.92 Å². The lowest BCUT2D eigenvalue weighted by molar-refractivity contribution is 0.410. The first-order valence-electron chi connectivity index (χ1n) is 8.38. The van der Waals surface area contributed by atoms with Crippen LogP contribution >= 0.6 is 0 Å². The van der Waals surface area contributed by atoms with Crippen molar-refractivity contribution in [2.24, 2.45) is 5.92 Å². The maximum Gasteiger partial charge on any atom is 0.168 e. The van der Waals surface area contributed by atoms with Gasteiger partial charge in [0.1, 0.15) is 12.1 Å². The summed E-state index contributed by atoms with van der Waals surface area (Å²) < 4.78 is 7.39. The van der Waals surface area contributed by atoms with E-state index in [1.54, 1.807) is 19.5 Å². The predicted molar refractivity (Wildman–Crippen MR) is 94.1 cm³/mol. The summed E-state index contributed by atoms with van der Waals surface area (Å²) in [4.78, 5) is 8.16. The molecule has 1 fully saturated rings. The number of benzene rings is 1. The van der Waals surface area contributed by atoms with Crippen LogP contribution in [0.4, 0.5) is 5.82 Å². The number of anilines is 1. The number of nitrogens with one attached hydrogen (secondary N) is 1. The second kappa shape index (κ2) is 6.88. The third-order valence-electron chi connectivity index (χ3n) is 4.32. The zero-order valence-electron chi connectivity index (χ0n) is 14.1. The van der Waals surface area contributed by atoms with E-state index in [-0.39, 0.29) is 0 Å². The van der Waals surface area contributed by atoms with E-state index in [4.69, 9.17) is 4.74 Å². The largest absolute Gasteiger partial charge is 0.496 e. The van der Waals surface area contributed by atoms with Crippen molar-refractivity contribution in [1.29, 1.82) is 0 Å². The Morgan fingerprint density at radius 1 is 1.20 bits per heavy atom. The molecule has 1 N–H and O–H groups in total. The Balaban J connectivity index is 1.49. The topological polar surface area (TPSA) is 77.8 Å². The molecule has 0 radical (unpaired) electrons. The van der Waals surface area contributed by atoms with Gasteiger partial charge in [-0.2, -0.15) is 0 Å². The van der Waals surface area contributed by atoms with Crippen molar-refractivity contribution in [3.8, 4) is 16.9 Å². The normalized spacial score (nSPS) is 13.6. The van der Waals surface area contributed by atoms with Crippen LogP contribution in [0.15, 0.2) is 43.1 Å². The van der Waals surface area contributed by atoms with E-state index >= 15 is 0 Å². The fraction of sp³-hybridized carbons (Fsp3) is 0.333. The Bertz CT molecular complexity index is 844. The molecule has 0 atom stereocenters. The maximum atomic E-state index is 5.48. The molecule has 3 aromatic rings. The zero-order chi connectivity index (χ0) is 17.1. The summed E-state index contributed by atoms with van der Waals surface area (Å²) in [5.74, 6) is 2.38. The standard InChI is InChI=1S/C18H20N6O/c1-25-17-5-4-14(16-7-19-12-20-8-16)6-15(17)9-21-18-11-24(23-22-18)10-13-2-3-13/h4-8,11-13,21H,2-3,9-10H2,1H3. The number of methoxy groups -OCH3 is 1. The van der Waals surface area contributed by atoms with Gasteiger partial charge in [-0.05, 0) is 36.5 Å². The minimum absolute atomic E-state index is 0.604. The molecule has 7 heteroatoms. The summed E-state index contributed by atoms with van der Waals surface area (Å²) in [5, 5.41) is 11.7. The summed E-state index contributed by atoms with van der Waals surface area (Å²) in [6, 6.07) is 6.05. The lowest BCUT2D eigenvalue weighted by Crippen LogP contribution is -2.02. The molecule has 1 aliphatic carbocycles. The highest BCUT2D eigenvalue weighted by Gasteiger charge is 2.22. The van der Waals surface area contributed by atoms with Crippen molar-refractivity contribution < 1.29 is 4.74 Å². The fourth-order valence-electron chi connectivity index (χ4n) is 2.76. The number of rotatable bonds is 7. The van der Waals surface area contributed by atoms with Crippen molar-refractivity contribution in [3.05, 3.63) is 48.7 Å². The van der Waals surface area contributed by atoms with Crippen molar-refractivity contribution in [1.82, 2.24) is 25.0 Å². The van der Waals surface area contributed by atoms with Gasteiger partial charge in [0.2, 0.25) is 0 Å². The Morgan fingerprint density at radius 3 is 2.80 bits per heavy atom. The maximum absolute atomic E-state index is 5.48. The minimum Gasteiger partial charge on any atom is -0.496 e. The van der Waals surface area contributed by atoms with Crippen LogP contribution in [-0.4, -0.2) is 32.1 Å². The number of nitrogens with zero attached hydrogens (tertiary/aromatic N) is 5. The molecule has 2 heterocycles. The van der Waals surface area contributed by atoms with Crippen LogP contribution in [0.3, 0.4) is 0 Å². The Hall–Kier alpha value is -2.96. The zero-order valence-corrected chi connectivity index (χ0v) is 14.1. The smallest absolute Gasteiger partial charge is 0.168 e. The van der Waals surface area contributed by atoms with E-state index < -0.39 is 0 Å². The van der Waals surface area contributed by atoms with Crippen LogP contribution in [0.5, 0.6) is 5.75 Å². The molecule has 0 spiro atoms. The average Bonchev–Trinajstić information content (AvgIpc) is 3.36. The Kier molecular flexibility index (Phi) is 4.28. The summed E-state index contributed by atoms with van der Waals surface area (Å²) in [6.07, 6.45) is 9.69. The Labute approximate surface area is 146 Å². The molecule has 1 aromatic carbocycles. The molecular weight excluding hydrogens is 316 g/mol. The SMILES string of the molecule is COc1ccc(-c2cncnc2)cc1CNc1cn(CC2CC2)nn1. The van der Waals surface area contributed by atoms with Gasteiger partial charge in [0, 0.05) is 36.6 Å². The highest BCUT2D eigenvalue weighted by Crippen LogP contribution is 2.30. The highest BCUT2D eigenvalue weighted by atomic mass is 16.5. The van der Waals surface area contributed by atoms with Crippen molar-refractivity contribution in [3.63, 3.8) is 0 Å². The molecule has 0 unspecified atom stereocenters. The molecule has 0 bridgehead atoms. The third-order valence-corrected chi connectivity index (χ3v) is 4.32. The third kappa shape index (κ3) is 3.76. The quantitative estimate of drug-likeness (QED) is 0.715. The molecule has 0 saturated heterocycles. The van der Waals surface area contributed by atoms with E-state index in [1.807, 2.05) is 23.0 Å².